The second kappa shape index (κ2) is 7.92. The molecular formula is C18H11Cl2F4N3O2. The van der Waals surface area contributed by atoms with E-state index in [-0.39, 0.29) is 10.8 Å². The summed E-state index contributed by atoms with van der Waals surface area (Å²) in [5.41, 5.74) is -1.54. The van der Waals surface area contributed by atoms with Crippen LogP contribution in [0.1, 0.15) is 15.9 Å². The molecule has 0 radical (unpaired) electrons. The summed E-state index contributed by atoms with van der Waals surface area (Å²) in [5, 5.41) is 1.54. The number of hydrogen-bond acceptors (Lipinski definition) is 3. The maximum absolute atomic E-state index is 14.0. The van der Waals surface area contributed by atoms with Crippen molar-refractivity contribution in [1.29, 1.82) is 0 Å². The van der Waals surface area contributed by atoms with Gasteiger partial charge in [-0.1, -0.05) is 23.2 Å². The van der Waals surface area contributed by atoms with E-state index in [9.17, 15) is 22.4 Å². The van der Waals surface area contributed by atoms with Gasteiger partial charge in [0.2, 0.25) is 0 Å². The number of ether oxygens (including phenoxy) is 1. The van der Waals surface area contributed by atoms with Gasteiger partial charge in [0.1, 0.15) is 23.0 Å². The number of hydrogen-bond donors (Lipinski definition) is 1. The number of carbonyl (C=O) groups excluding carboxylic acids is 1. The largest absolute Gasteiger partial charge is 0.494 e. The second-order valence-corrected chi connectivity index (χ2v) is 6.49. The van der Waals surface area contributed by atoms with Crippen molar-refractivity contribution in [2.24, 2.45) is 0 Å². The monoisotopic (exact) mass is 447 g/mol. The number of amides is 1. The number of benzene rings is 2. The van der Waals surface area contributed by atoms with Gasteiger partial charge in [-0.2, -0.15) is 13.2 Å². The maximum Gasteiger partial charge on any atom is 0.417 e. The number of imidazole rings is 1. The zero-order valence-electron chi connectivity index (χ0n) is 14.5. The van der Waals surface area contributed by atoms with E-state index in [1.54, 1.807) is 10.6 Å². The Morgan fingerprint density at radius 3 is 2.52 bits per heavy atom. The van der Waals surface area contributed by atoms with Crippen LogP contribution in [0, 0.1) is 5.82 Å². The second-order valence-electron chi connectivity index (χ2n) is 5.73. The maximum atomic E-state index is 14.0. The first-order valence-electron chi connectivity index (χ1n) is 7.86. The summed E-state index contributed by atoms with van der Waals surface area (Å²) < 4.78 is 59.8. The van der Waals surface area contributed by atoms with Crippen LogP contribution in [0.25, 0.3) is 5.69 Å². The Kier molecular flexibility index (Phi) is 5.72. The highest BCUT2D eigenvalue weighted by atomic mass is 35.5. The molecule has 0 bridgehead atoms. The molecule has 5 nitrogen and oxygen atoms in total. The fourth-order valence-electron chi connectivity index (χ4n) is 2.57. The van der Waals surface area contributed by atoms with Crippen molar-refractivity contribution < 1.29 is 27.1 Å². The Hall–Kier alpha value is -2.78. The third-order valence-corrected chi connectivity index (χ3v) is 4.48. The van der Waals surface area contributed by atoms with E-state index in [0.717, 1.165) is 0 Å². The molecule has 0 aliphatic rings. The molecule has 1 N–H and O–H groups in total. The summed E-state index contributed by atoms with van der Waals surface area (Å²) in [4.78, 5) is 16.3. The lowest BCUT2D eigenvalue weighted by atomic mass is 10.1. The first kappa shape index (κ1) is 20.9. The third kappa shape index (κ3) is 4.30. The topological polar surface area (TPSA) is 56.1 Å². The highest BCUT2D eigenvalue weighted by molar-refractivity contribution is 6.35. The molecule has 3 aromatic rings. The molecule has 0 aliphatic heterocycles. The molecule has 0 atom stereocenters. The highest BCUT2D eigenvalue weighted by Crippen LogP contribution is 2.37. The van der Waals surface area contributed by atoms with Gasteiger partial charge in [-0.05, 0) is 24.3 Å². The average molecular weight is 448 g/mol. The zero-order chi connectivity index (χ0) is 21.3. The minimum Gasteiger partial charge on any atom is -0.494 e. The van der Waals surface area contributed by atoms with E-state index in [1.165, 1.54) is 31.8 Å². The van der Waals surface area contributed by atoms with Crippen LogP contribution in [0.3, 0.4) is 0 Å². The quantitative estimate of drug-likeness (QED) is 0.529. The lowest BCUT2D eigenvalue weighted by molar-refractivity contribution is -0.137. The summed E-state index contributed by atoms with van der Waals surface area (Å²) in [7, 11) is 1.38. The first-order chi connectivity index (χ1) is 13.6. The number of halogens is 6. The normalized spacial score (nSPS) is 11.4. The van der Waals surface area contributed by atoms with Crippen molar-refractivity contribution >= 4 is 34.8 Å². The summed E-state index contributed by atoms with van der Waals surface area (Å²) in [6, 6.07) is 5.42. The van der Waals surface area contributed by atoms with Crippen LogP contribution in [-0.2, 0) is 6.18 Å². The van der Waals surface area contributed by atoms with Crippen molar-refractivity contribution in [3.8, 4) is 11.4 Å². The van der Waals surface area contributed by atoms with Crippen LogP contribution >= 0.6 is 23.2 Å². The fourth-order valence-corrected chi connectivity index (χ4v) is 3.07. The lowest BCUT2D eigenvalue weighted by Crippen LogP contribution is -2.17. The molecule has 3 rings (SSSR count). The molecule has 11 heteroatoms. The molecule has 1 amide bonds. The van der Waals surface area contributed by atoms with E-state index in [1.807, 2.05) is 0 Å². The molecule has 152 valence electrons. The Balaban J connectivity index is 1.94. The first-order valence-corrected chi connectivity index (χ1v) is 8.62. The molecular weight excluding hydrogens is 437 g/mol. The van der Waals surface area contributed by atoms with E-state index in [0.29, 0.717) is 23.6 Å². The van der Waals surface area contributed by atoms with Crippen LogP contribution in [-0.4, -0.2) is 22.6 Å². The third-order valence-electron chi connectivity index (χ3n) is 3.89. The number of nitrogens with one attached hydrogen (secondary N) is 1. The smallest absolute Gasteiger partial charge is 0.417 e. The number of alkyl halides is 3. The van der Waals surface area contributed by atoms with E-state index in [4.69, 9.17) is 27.9 Å². The van der Waals surface area contributed by atoms with Gasteiger partial charge in [-0.25, -0.2) is 9.37 Å². The van der Waals surface area contributed by atoms with Gasteiger partial charge >= 0.3 is 6.18 Å². The molecule has 0 unspecified atom stereocenters. The number of rotatable bonds is 4. The molecule has 29 heavy (non-hydrogen) atoms. The van der Waals surface area contributed by atoms with Gasteiger partial charge < -0.3 is 14.6 Å². The molecule has 0 aliphatic carbocycles. The number of methoxy groups -OCH3 is 1. The predicted molar refractivity (Wildman–Crippen MR) is 99.5 cm³/mol. The van der Waals surface area contributed by atoms with Crippen LogP contribution in [0.2, 0.25) is 10.2 Å². The van der Waals surface area contributed by atoms with Crippen molar-refractivity contribution in [2.75, 3.05) is 12.4 Å². The molecule has 0 saturated heterocycles. The summed E-state index contributed by atoms with van der Waals surface area (Å²) in [6.45, 7) is 0. The number of nitrogens with zero attached hydrogens (tertiary/aromatic N) is 2. The van der Waals surface area contributed by atoms with Crippen molar-refractivity contribution in [3.05, 3.63) is 70.0 Å². The summed E-state index contributed by atoms with van der Waals surface area (Å²) >= 11 is 11.4. The number of anilines is 1. The fraction of sp³-hybridized carbons (Fsp3) is 0.111. The van der Waals surface area contributed by atoms with E-state index in [2.05, 4.69) is 10.3 Å². The summed E-state index contributed by atoms with van der Waals surface area (Å²) in [5.74, 6) is -2.02. The van der Waals surface area contributed by atoms with Crippen molar-refractivity contribution in [1.82, 2.24) is 9.55 Å². The van der Waals surface area contributed by atoms with Crippen molar-refractivity contribution in [3.63, 3.8) is 0 Å². The van der Waals surface area contributed by atoms with E-state index >= 15 is 0 Å². The Bertz CT molecular complexity index is 1080. The SMILES string of the molecule is COc1cc(NC(=O)c2c(F)ccc(C(F)(F)F)c2Cl)ccc1-n1cnc(Cl)c1. The van der Waals surface area contributed by atoms with Crippen LogP contribution < -0.4 is 10.1 Å². The van der Waals surface area contributed by atoms with Crippen molar-refractivity contribution in [2.45, 2.75) is 6.18 Å². The minimum absolute atomic E-state index is 0.148. The predicted octanol–water partition coefficient (Wildman–Crippen LogP) is 5.60. The standard InChI is InChI=1S/C18H11Cl2F4N3O2/c1-29-13-6-9(2-5-12(13)27-7-14(19)25-8-27)26-17(28)15-11(21)4-3-10(16(15)20)18(22,23)24/h2-8H,1H3,(H,26,28). The van der Waals surface area contributed by atoms with Gasteiger partial charge in [0, 0.05) is 18.0 Å². The molecule has 0 saturated carbocycles. The number of carbonyl (C=O) groups is 1. The minimum atomic E-state index is -4.84. The van der Waals surface area contributed by atoms with E-state index < -0.39 is 34.1 Å². The highest BCUT2D eigenvalue weighted by Gasteiger charge is 2.36. The van der Waals surface area contributed by atoms with Crippen LogP contribution in [0.5, 0.6) is 5.75 Å². The van der Waals surface area contributed by atoms with Gasteiger partial charge in [0.25, 0.3) is 5.91 Å². The Morgan fingerprint density at radius 2 is 1.93 bits per heavy atom. The molecule has 1 aromatic heterocycles. The lowest BCUT2D eigenvalue weighted by Gasteiger charge is -2.15. The molecule has 0 fully saturated rings. The van der Waals surface area contributed by atoms with Gasteiger partial charge in [0.05, 0.1) is 28.9 Å². The molecule has 1 heterocycles. The van der Waals surface area contributed by atoms with Crippen LogP contribution in [0.4, 0.5) is 23.2 Å². The Morgan fingerprint density at radius 1 is 1.21 bits per heavy atom. The number of aromatic nitrogens is 2. The Labute approximate surface area is 171 Å². The van der Waals surface area contributed by atoms with Gasteiger partial charge in [-0.15, -0.1) is 0 Å². The average Bonchev–Trinajstić information content (AvgIpc) is 3.06. The molecule has 0 spiro atoms. The van der Waals surface area contributed by atoms with Gasteiger partial charge in [0.15, 0.2) is 0 Å². The zero-order valence-corrected chi connectivity index (χ0v) is 16.0. The summed E-state index contributed by atoms with van der Waals surface area (Å²) in [6.07, 6.45) is -1.87. The molecule has 2 aromatic carbocycles. The van der Waals surface area contributed by atoms with Crippen LogP contribution in [0.15, 0.2) is 42.9 Å². The van der Waals surface area contributed by atoms with Gasteiger partial charge in [-0.3, -0.25) is 4.79 Å².